The SMILES string of the molecule is Cc1ccc2c(c1)CCCN2CCc1ccc(N)cn1. The Balaban J connectivity index is 1.71. The minimum Gasteiger partial charge on any atom is -0.397 e. The second-order valence-corrected chi connectivity index (χ2v) is 5.56. The van der Waals surface area contributed by atoms with Crippen molar-refractivity contribution in [2.75, 3.05) is 23.7 Å². The van der Waals surface area contributed by atoms with Crippen LogP contribution in [-0.2, 0) is 12.8 Å². The van der Waals surface area contributed by atoms with E-state index >= 15 is 0 Å². The van der Waals surface area contributed by atoms with Crippen LogP contribution in [0, 0.1) is 6.92 Å². The fourth-order valence-electron chi connectivity index (χ4n) is 2.87. The molecule has 0 unspecified atom stereocenters. The summed E-state index contributed by atoms with van der Waals surface area (Å²) < 4.78 is 0. The Morgan fingerprint density at radius 3 is 2.95 bits per heavy atom. The molecule has 104 valence electrons. The molecular weight excluding hydrogens is 246 g/mol. The van der Waals surface area contributed by atoms with Gasteiger partial charge in [-0.1, -0.05) is 17.7 Å². The van der Waals surface area contributed by atoms with Crippen molar-refractivity contribution in [3.63, 3.8) is 0 Å². The van der Waals surface area contributed by atoms with Gasteiger partial charge in [-0.2, -0.15) is 0 Å². The molecule has 3 nitrogen and oxygen atoms in total. The maximum absolute atomic E-state index is 5.67. The van der Waals surface area contributed by atoms with Gasteiger partial charge in [0, 0.05) is 30.9 Å². The number of hydrogen-bond donors (Lipinski definition) is 1. The van der Waals surface area contributed by atoms with E-state index in [0.29, 0.717) is 0 Å². The van der Waals surface area contributed by atoms with Gasteiger partial charge in [0.2, 0.25) is 0 Å². The van der Waals surface area contributed by atoms with Gasteiger partial charge >= 0.3 is 0 Å². The van der Waals surface area contributed by atoms with Crippen LogP contribution in [0.1, 0.15) is 23.2 Å². The van der Waals surface area contributed by atoms with Gasteiger partial charge in [0.05, 0.1) is 11.9 Å². The van der Waals surface area contributed by atoms with E-state index in [4.69, 9.17) is 5.73 Å². The quantitative estimate of drug-likeness (QED) is 0.929. The Bertz CT molecular complexity index is 590. The summed E-state index contributed by atoms with van der Waals surface area (Å²) >= 11 is 0. The van der Waals surface area contributed by atoms with E-state index in [0.717, 1.165) is 30.9 Å². The molecule has 0 atom stereocenters. The summed E-state index contributed by atoms with van der Waals surface area (Å²) in [5.41, 5.74) is 11.7. The highest BCUT2D eigenvalue weighted by molar-refractivity contribution is 5.56. The molecule has 1 aliphatic rings. The molecule has 0 fully saturated rings. The van der Waals surface area contributed by atoms with E-state index in [2.05, 4.69) is 35.0 Å². The lowest BCUT2D eigenvalue weighted by atomic mass is 9.99. The highest BCUT2D eigenvalue weighted by Gasteiger charge is 2.16. The number of rotatable bonds is 3. The van der Waals surface area contributed by atoms with E-state index in [1.165, 1.54) is 29.7 Å². The topological polar surface area (TPSA) is 42.1 Å². The molecular formula is C17H21N3. The van der Waals surface area contributed by atoms with Crippen molar-refractivity contribution in [2.45, 2.75) is 26.2 Å². The first-order valence-electron chi connectivity index (χ1n) is 7.27. The maximum Gasteiger partial charge on any atom is 0.0501 e. The lowest BCUT2D eigenvalue weighted by molar-refractivity contribution is 0.683. The lowest BCUT2D eigenvalue weighted by Crippen LogP contribution is -2.31. The zero-order valence-electron chi connectivity index (χ0n) is 12.0. The third-order valence-electron chi connectivity index (χ3n) is 3.94. The largest absolute Gasteiger partial charge is 0.397 e. The van der Waals surface area contributed by atoms with Crippen LogP contribution in [0.2, 0.25) is 0 Å². The molecule has 20 heavy (non-hydrogen) atoms. The third-order valence-corrected chi connectivity index (χ3v) is 3.94. The van der Waals surface area contributed by atoms with E-state index < -0.39 is 0 Å². The van der Waals surface area contributed by atoms with Crippen molar-refractivity contribution in [2.24, 2.45) is 0 Å². The van der Waals surface area contributed by atoms with Crippen molar-refractivity contribution >= 4 is 11.4 Å². The molecule has 2 heterocycles. The fourth-order valence-corrected chi connectivity index (χ4v) is 2.87. The molecule has 2 N–H and O–H groups in total. The van der Waals surface area contributed by atoms with Gasteiger partial charge in [0.15, 0.2) is 0 Å². The van der Waals surface area contributed by atoms with Crippen LogP contribution in [0.25, 0.3) is 0 Å². The molecule has 3 rings (SSSR count). The summed E-state index contributed by atoms with van der Waals surface area (Å²) in [6.45, 7) is 4.33. The van der Waals surface area contributed by atoms with Gasteiger partial charge in [0.25, 0.3) is 0 Å². The molecule has 3 heteroatoms. The van der Waals surface area contributed by atoms with Gasteiger partial charge in [-0.05, 0) is 43.5 Å². The summed E-state index contributed by atoms with van der Waals surface area (Å²) in [7, 11) is 0. The minimum atomic E-state index is 0.729. The van der Waals surface area contributed by atoms with E-state index in [1.807, 2.05) is 12.1 Å². The van der Waals surface area contributed by atoms with Crippen LogP contribution < -0.4 is 10.6 Å². The minimum absolute atomic E-state index is 0.729. The van der Waals surface area contributed by atoms with Crippen LogP contribution in [0.3, 0.4) is 0 Å². The number of fused-ring (bicyclic) bond motifs is 1. The summed E-state index contributed by atoms with van der Waals surface area (Å²) in [5.74, 6) is 0. The first-order valence-corrected chi connectivity index (χ1v) is 7.27. The van der Waals surface area contributed by atoms with Crippen molar-refractivity contribution < 1.29 is 0 Å². The molecule has 0 saturated carbocycles. The van der Waals surface area contributed by atoms with Gasteiger partial charge in [-0.25, -0.2) is 0 Å². The van der Waals surface area contributed by atoms with Crippen LogP contribution in [-0.4, -0.2) is 18.1 Å². The lowest BCUT2D eigenvalue weighted by Gasteiger charge is -2.31. The van der Waals surface area contributed by atoms with Crippen molar-refractivity contribution in [1.82, 2.24) is 4.98 Å². The molecule has 1 aliphatic heterocycles. The van der Waals surface area contributed by atoms with E-state index in [9.17, 15) is 0 Å². The van der Waals surface area contributed by atoms with Gasteiger partial charge in [0.1, 0.15) is 0 Å². The van der Waals surface area contributed by atoms with Gasteiger partial charge in [-0.3, -0.25) is 4.98 Å². The monoisotopic (exact) mass is 267 g/mol. The Morgan fingerprint density at radius 2 is 2.15 bits per heavy atom. The smallest absolute Gasteiger partial charge is 0.0501 e. The van der Waals surface area contributed by atoms with Gasteiger partial charge < -0.3 is 10.6 Å². The zero-order valence-corrected chi connectivity index (χ0v) is 12.0. The van der Waals surface area contributed by atoms with Crippen molar-refractivity contribution in [1.29, 1.82) is 0 Å². The normalized spacial score (nSPS) is 14.2. The maximum atomic E-state index is 5.67. The second-order valence-electron chi connectivity index (χ2n) is 5.56. The highest BCUT2D eigenvalue weighted by Crippen LogP contribution is 2.27. The number of nitrogens with two attached hydrogens (primary N) is 1. The van der Waals surface area contributed by atoms with Crippen molar-refractivity contribution in [3.05, 3.63) is 53.3 Å². The number of benzene rings is 1. The third kappa shape index (κ3) is 2.77. The van der Waals surface area contributed by atoms with E-state index in [-0.39, 0.29) is 0 Å². The number of aryl methyl sites for hydroxylation is 2. The zero-order chi connectivity index (χ0) is 13.9. The Hall–Kier alpha value is -2.03. The summed E-state index contributed by atoms with van der Waals surface area (Å²) in [4.78, 5) is 6.86. The molecule has 0 bridgehead atoms. The standard InChI is InChI=1S/C17H21N3/c1-13-4-7-17-14(11-13)3-2-9-20(17)10-8-16-6-5-15(18)12-19-16/h4-7,11-12H,2-3,8-10,18H2,1H3. The molecule has 1 aromatic heterocycles. The first kappa shape index (κ1) is 13.0. The van der Waals surface area contributed by atoms with E-state index in [1.54, 1.807) is 6.20 Å². The first-order chi connectivity index (χ1) is 9.72. The number of anilines is 2. The molecule has 0 radical (unpaired) electrons. The molecule has 0 amide bonds. The van der Waals surface area contributed by atoms with Crippen LogP contribution in [0.15, 0.2) is 36.5 Å². The summed E-state index contributed by atoms with van der Waals surface area (Å²) in [6.07, 6.45) is 5.15. The molecule has 2 aromatic rings. The number of aromatic nitrogens is 1. The van der Waals surface area contributed by atoms with Crippen LogP contribution in [0.4, 0.5) is 11.4 Å². The van der Waals surface area contributed by atoms with Crippen molar-refractivity contribution in [3.8, 4) is 0 Å². The number of pyridine rings is 1. The Kier molecular flexibility index (Phi) is 3.59. The van der Waals surface area contributed by atoms with Crippen LogP contribution in [0.5, 0.6) is 0 Å². The number of nitrogen functional groups attached to an aromatic ring is 1. The second kappa shape index (κ2) is 5.53. The average Bonchev–Trinajstić information content (AvgIpc) is 2.46. The highest BCUT2D eigenvalue weighted by atomic mass is 15.1. The predicted octanol–water partition coefficient (Wildman–Crippen LogP) is 2.97. The summed E-state index contributed by atoms with van der Waals surface area (Å²) in [6, 6.07) is 10.7. The van der Waals surface area contributed by atoms with Crippen LogP contribution >= 0.6 is 0 Å². The fraction of sp³-hybridized carbons (Fsp3) is 0.353. The Labute approximate surface area is 120 Å². The molecule has 0 spiro atoms. The molecule has 0 aliphatic carbocycles. The Morgan fingerprint density at radius 1 is 1.25 bits per heavy atom. The number of nitrogens with zero attached hydrogens (tertiary/aromatic N) is 2. The molecule has 1 aromatic carbocycles. The van der Waals surface area contributed by atoms with Gasteiger partial charge in [-0.15, -0.1) is 0 Å². The predicted molar refractivity (Wildman–Crippen MR) is 84.1 cm³/mol. The number of hydrogen-bond acceptors (Lipinski definition) is 3. The average molecular weight is 267 g/mol. The molecule has 0 saturated heterocycles. The summed E-state index contributed by atoms with van der Waals surface area (Å²) in [5, 5.41) is 0.